The van der Waals surface area contributed by atoms with E-state index in [-0.39, 0.29) is 17.9 Å². The zero-order valence-corrected chi connectivity index (χ0v) is 16.5. The summed E-state index contributed by atoms with van der Waals surface area (Å²) in [5.41, 5.74) is 1.46. The van der Waals surface area contributed by atoms with Crippen LogP contribution in [0.4, 0.5) is 0 Å². The minimum Gasteiger partial charge on any atom is -0.385 e. The SMILES string of the molecule is O=C(c1ccc2ccccc2n1)N1CCC(O)(c2ccccc2)[C@@H]2CCCC[C@H]21. The lowest BCUT2D eigenvalue weighted by Gasteiger charge is -2.52. The average molecular weight is 386 g/mol. The molecule has 1 amide bonds. The quantitative estimate of drug-likeness (QED) is 0.704. The van der Waals surface area contributed by atoms with Gasteiger partial charge in [-0.15, -0.1) is 0 Å². The maximum Gasteiger partial charge on any atom is 0.272 e. The molecule has 29 heavy (non-hydrogen) atoms. The number of aromatic nitrogens is 1. The fraction of sp³-hybridized carbons (Fsp3) is 0.360. The van der Waals surface area contributed by atoms with E-state index in [1.54, 1.807) is 0 Å². The summed E-state index contributed by atoms with van der Waals surface area (Å²) in [4.78, 5) is 20.0. The van der Waals surface area contributed by atoms with Crippen molar-refractivity contribution in [2.75, 3.05) is 6.54 Å². The number of hydrogen-bond acceptors (Lipinski definition) is 3. The molecule has 148 valence electrons. The maximum atomic E-state index is 13.4. The van der Waals surface area contributed by atoms with Gasteiger partial charge in [0, 0.05) is 23.9 Å². The van der Waals surface area contributed by atoms with Gasteiger partial charge in [0.2, 0.25) is 0 Å². The zero-order chi connectivity index (χ0) is 19.8. The van der Waals surface area contributed by atoms with Gasteiger partial charge in [-0.25, -0.2) is 4.98 Å². The normalized spacial score (nSPS) is 26.9. The van der Waals surface area contributed by atoms with Crippen LogP contribution in [0, 0.1) is 5.92 Å². The Bertz CT molecular complexity index is 1040. The Labute approximate surface area is 171 Å². The largest absolute Gasteiger partial charge is 0.385 e. The van der Waals surface area contributed by atoms with Crippen LogP contribution in [0.15, 0.2) is 66.7 Å². The van der Waals surface area contributed by atoms with Crippen LogP contribution in [0.5, 0.6) is 0 Å². The number of benzene rings is 2. The van der Waals surface area contributed by atoms with Crippen LogP contribution in [0.25, 0.3) is 10.9 Å². The second-order valence-corrected chi connectivity index (χ2v) is 8.39. The molecule has 2 aromatic carbocycles. The molecule has 1 saturated heterocycles. The van der Waals surface area contributed by atoms with Gasteiger partial charge in [0.15, 0.2) is 0 Å². The molecule has 0 bridgehead atoms. The molecule has 1 aliphatic carbocycles. The number of likely N-dealkylation sites (tertiary alicyclic amines) is 1. The fourth-order valence-corrected chi connectivity index (χ4v) is 5.35. The van der Waals surface area contributed by atoms with Crippen LogP contribution < -0.4 is 0 Å². The summed E-state index contributed by atoms with van der Waals surface area (Å²) < 4.78 is 0. The van der Waals surface area contributed by atoms with Crippen molar-refractivity contribution < 1.29 is 9.90 Å². The zero-order valence-electron chi connectivity index (χ0n) is 16.5. The molecular formula is C25H26N2O2. The highest BCUT2D eigenvalue weighted by atomic mass is 16.3. The first-order chi connectivity index (χ1) is 14.2. The van der Waals surface area contributed by atoms with Gasteiger partial charge < -0.3 is 10.0 Å². The van der Waals surface area contributed by atoms with Crippen molar-refractivity contribution in [2.45, 2.75) is 43.7 Å². The minimum atomic E-state index is -0.861. The second-order valence-electron chi connectivity index (χ2n) is 8.39. The van der Waals surface area contributed by atoms with Crippen LogP contribution in [-0.4, -0.2) is 33.5 Å². The summed E-state index contributed by atoms with van der Waals surface area (Å²) in [6.07, 6.45) is 4.66. The molecule has 1 aromatic heterocycles. The number of rotatable bonds is 2. The molecule has 5 rings (SSSR count). The van der Waals surface area contributed by atoms with Crippen molar-refractivity contribution >= 4 is 16.8 Å². The lowest BCUT2D eigenvalue weighted by molar-refractivity contribution is -0.110. The molecule has 2 fully saturated rings. The van der Waals surface area contributed by atoms with Crippen molar-refractivity contribution in [3.63, 3.8) is 0 Å². The van der Waals surface area contributed by atoms with Crippen LogP contribution in [0.2, 0.25) is 0 Å². The van der Waals surface area contributed by atoms with E-state index in [1.807, 2.05) is 71.6 Å². The summed E-state index contributed by atoms with van der Waals surface area (Å²) in [5, 5.41) is 12.7. The van der Waals surface area contributed by atoms with Crippen LogP contribution in [0.3, 0.4) is 0 Å². The Morgan fingerprint density at radius 3 is 2.59 bits per heavy atom. The number of amides is 1. The van der Waals surface area contributed by atoms with E-state index in [9.17, 15) is 9.90 Å². The van der Waals surface area contributed by atoms with Gasteiger partial charge in [-0.3, -0.25) is 4.79 Å². The number of fused-ring (bicyclic) bond motifs is 2. The summed E-state index contributed by atoms with van der Waals surface area (Å²) in [7, 11) is 0. The predicted octanol–water partition coefficient (Wildman–Crippen LogP) is 4.53. The Balaban J connectivity index is 1.47. The number of pyridine rings is 1. The highest BCUT2D eigenvalue weighted by Crippen LogP contribution is 2.47. The van der Waals surface area contributed by atoms with Crippen LogP contribution in [0.1, 0.15) is 48.2 Å². The van der Waals surface area contributed by atoms with E-state index < -0.39 is 5.60 Å². The van der Waals surface area contributed by atoms with Crippen molar-refractivity contribution in [1.29, 1.82) is 0 Å². The number of carbonyl (C=O) groups excluding carboxylic acids is 1. The van der Waals surface area contributed by atoms with Crippen LogP contribution >= 0.6 is 0 Å². The standard InChI is InChI=1S/C25H26N2O2/c28-24(22-15-14-18-8-4-6-12-21(18)26-22)27-17-16-25(29,19-9-2-1-3-10-19)20-11-5-7-13-23(20)27/h1-4,6,8-10,12,14-15,20,23,29H,5,7,11,13,16-17H2/t20-,23-,25?/m1/s1. The molecule has 4 heteroatoms. The van der Waals surface area contributed by atoms with Gasteiger partial charge >= 0.3 is 0 Å². The summed E-state index contributed by atoms with van der Waals surface area (Å²) in [6, 6.07) is 21.7. The molecule has 3 atom stereocenters. The van der Waals surface area contributed by atoms with E-state index in [1.165, 1.54) is 0 Å². The lowest BCUT2D eigenvalue weighted by Crippen LogP contribution is -2.59. The third-order valence-electron chi connectivity index (χ3n) is 6.83. The van der Waals surface area contributed by atoms with Crippen molar-refractivity contribution in [3.8, 4) is 0 Å². The molecule has 4 nitrogen and oxygen atoms in total. The van der Waals surface area contributed by atoms with E-state index >= 15 is 0 Å². The first-order valence-corrected chi connectivity index (χ1v) is 10.6. The van der Waals surface area contributed by atoms with Gasteiger partial charge in [0.1, 0.15) is 5.69 Å². The van der Waals surface area contributed by atoms with Gasteiger partial charge in [-0.2, -0.15) is 0 Å². The van der Waals surface area contributed by atoms with E-state index in [0.717, 1.165) is 42.1 Å². The van der Waals surface area contributed by atoms with E-state index in [2.05, 4.69) is 4.98 Å². The molecular weight excluding hydrogens is 360 g/mol. The summed E-state index contributed by atoms with van der Waals surface area (Å²) >= 11 is 0. The topological polar surface area (TPSA) is 53.4 Å². The first-order valence-electron chi connectivity index (χ1n) is 10.6. The Kier molecular flexibility index (Phi) is 4.59. The minimum absolute atomic E-state index is 0.0113. The number of piperidine rings is 1. The summed E-state index contributed by atoms with van der Waals surface area (Å²) in [5.74, 6) is 0.0552. The molecule has 2 heterocycles. The van der Waals surface area contributed by atoms with E-state index in [0.29, 0.717) is 18.7 Å². The predicted molar refractivity (Wildman–Crippen MR) is 113 cm³/mol. The number of hydrogen-bond donors (Lipinski definition) is 1. The molecule has 3 aromatic rings. The molecule has 0 spiro atoms. The number of aliphatic hydroxyl groups is 1. The Morgan fingerprint density at radius 2 is 1.72 bits per heavy atom. The third-order valence-corrected chi connectivity index (χ3v) is 6.83. The molecule has 1 N–H and O–H groups in total. The molecule has 1 saturated carbocycles. The average Bonchev–Trinajstić information content (AvgIpc) is 2.79. The number of nitrogens with zero attached hydrogens (tertiary/aromatic N) is 2. The molecule has 1 unspecified atom stereocenters. The molecule has 1 aliphatic heterocycles. The number of carbonyl (C=O) groups is 1. The maximum absolute atomic E-state index is 13.4. The fourth-order valence-electron chi connectivity index (χ4n) is 5.35. The molecule has 2 aliphatic rings. The molecule has 0 radical (unpaired) electrons. The highest BCUT2D eigenvalue weighted by molar-refractivity contribution is 5.95. The van der Waals surface area contributed by atoms with Gasteiger partial charge in [-0.1, -0.05) is 67.4 Å². The number of para-hydroxylation sites is 1. The van der Waals surface area contributed by atoms with Crippen molar-refractivity contribution in [2.24, 2.45) is 5.92 Å². The summed E-state index contributed by atoms with van der Waals surface area (Å²) in [6.45, 7) is 0.555. The van der Waals surface area contributed by atoms with E-state index in [4.69, 9.17) is 0 Å². The van der Waals surface area contributed by atoms with Gasteiger partial charge in [0.05, 0.1) is 11.1 Å². The monoisotopic (exact) mass is 386 g/mol. The van der Waals surface area contributed by atoms with Crippen molar-refractivity contribution in [3.05, 3.63) is 78.0 Å². The van der Waals surface area contributed by atoms with Gasteiger partial charge in [-0.05, 0) is 37.0 Å². The van der Waals surface area contributed by atoms with Crippen LogP contribution in [-0.2, 0) is 5.60 Å². The Hall–Kier alpha value is -2.72. The lowest BCUT2D eigenvalue weighted by atomic mass is 9.66. The van der Waals surface area contributed by atoms with Crippen molar-refractivity contribution in [1.82, 2.24) is 9.88 Å². The first kappa shape index (κ1) is 18.3. The second kappa shape index (κ2) is 7.27. The Morgan fingerprint density at radius 1 is 0.966 bits per heavy atom. The highest BCUT2D eigenvalue weighted by Gasteiger charge is 2.50. The third kappa shape index (κ3) is 3.12. The van der Waals surface area contributed by atoms with Gasteiger partial charge in [0.25, 0.3) is 5.91 Å². The smallest absolute Gasteiger partial charge is 0.272 e.